The molecule has 3 rings (SSSR count). The maximum absolute atomic E-state index is 13.3. The van der Waals surface area contributed by atoms with Crippen LogP contribution in [-0.2, 0) is 25.6 Å². The minimum atomic E-state index is -1.05. The minimum Gasteiger partial charge on any atom is -0.493 e. The Balaban J connectivity index is 1.70. The molecule has 2 atom stereocenters. The van der Waals surface area contributed by atoms with Crippen molar-refractivity contribution in [2.45, 2.75) is 64.0 Å². The van der Waals surface area contributed by atoms with Crippen molar-refractivity contribution < 1.29 is 38.2 Å². The topological polar surface area (TPSA) is 187 Å². The smallest absolute Gasteiger partial charge is 0.255 e. The Morgan fingerprint density at radius 2 is 1.89 bits per heavy atom. The van der Waals surface area contributed by atoms with E-state index in [2.05, 4.69) is 21.3 Å². The molecule has 2 aromatic rings. The lowest BCUT2D eigenvalue weighted by Gasteiger charge is -2.22. The first-order valence-corrected chi connectivity index (χ1v) is 15.2. The number of benzene rings is 2. The van der Waals surface area contributed by atoms with E-state index < -0.39 is 41.6 Å². The molecule has 1 unspecified atom stereocenters. The summed E-state index contributed by atoms with van der Waals surface area (Å²) in [5.74, 6) is -0.924. The third kappa shape index (κ3) is 11.3. The molecule has 6 N–H and O–H groups in total. The summed E-state index contributed by atoms with van der Waals surface area (Å²) in [7, 11) is 1.58. The molecule has 0 bridgehead atoms. The van der Waals surface area contributed by atoms with Gasteiger partial charge in [-0.1, -0.05) is 18.2 Å². The molecule has 2 aromatic carbocycles. The molecule has 5 amide bonds. The van der Waals surface area contributed by atoms with Crippen molar-refractivity contribution >= 4 is 29.5 Å². The fraction of sp³-hybridized carbons (Fsp3) is 0.469. The third-order valence-corrected chi connectivity index (χ3v) is 7.09. The Hall–Kier alpha value is -4.81. The second kappa shape index (κ2) is 18.1. The molecule has 45 heavy (non-hydrogen) atoms. The number of carbonyl (C=O) groups is 5. The molecule has 13 heteroatoms. The maximum Gasteiger partial charge on any atom is 0.255 e. The van der Waals surface area contributed by atoms with Crippen LogP contribution in [0.15, 0.2) is 42.5 Å². The van der Waals surface area contributed by atoms with Crippen LogP contribution in [0.25, 0.3) is 0 Å². The van der Waals surface area contributed by atoms with E-state index >= 15 is 0 Å². The number of rotatable bonds is 11. The minimum absolute atomic E-state index is 0.0255. The number of methoxy groups -OCH3 is 1. The van der Waals surface area contributed by atoms with Crippen molar-refractivity contribution in [1.82, 2.24) is 21.3 Å². The fourth-order valence-electron chi connectivity index (χ4n) is 4.74. The summed E-state index contributed by atoms with van der Waals surface area (Å²) in [5, 5.41) is 11.0. The number of aryl methyl sites for hydroxylation is 1. The lowest BCUT2D eigenvalue weighted by Crippen LogP contribution is -2.49. The highest BCUT2D eigenvalue weighted by atomic mass is 16.5. The molecule has 0 aliphatic carbocycles. The van der Waals surface area contributed by atoms with E-state index in [9.17, 15) is 24.0 Å². The summed E-state index contributed by atoms with van der Waals surface area (Å²) >= 11 is 0. The van der Waals surface area contributed by atoms with Crippen LogP contribution < -0.4 is 41.2 Å². The summed E-state index contributed by atoms with van der Waals surface area (Å²) in [6.45, 7) is 3.19. The molecule has 244 valence electrons. The first-order chi connectivity index (χ1) is 21.7. The van der Waals surface area contributed by atoms with Crippen molar-refractivity contribution in [3.05, 3.63) is 53.6 Å². The molecule has 1 heterocycles. The molecule has 0 spiro atoms. The van der Waals surface area contributed by atoms with Gasteiger partial charge < -0.3 is 41.2 Å². The summed E-state index contributed by atoms with van der Waals surface area (Å²) < 4.78 is 16.8. The van der Waals surface area contributed by atoms with E-state index in [-0.39, 0.29) is 44.4 Å². The van der Waals surface area contributed by atoms with E-state index in [1.807, 2.05) is 25.1 Å². The number of nitrogens with one attached hydrogen (secondary N) is 4. The molecular weight excluding hydrogens is 582 g/mol. The van der Waals surface area contributed by atoms with Gasteiger partial charge in [0.05, 0.1) is 25.9 Å². The zero-order valence-corrected chi connectivity index (χ0v) is 25.8. The van der Waals surface area contributed by atoms with Gasteiger partial charge in [0.15, 0.2) is 11.5 Å². The van der Waals surface area contributed by atoms with Gasteiger partial charge in [-0.05, 0) is 68.9 Å². The molecule has 0 saturated heterocycles. The summed E-state index contributed by atoms with van der Waals surface area (Å²) in [4.78, 5) is 63.5. The standard InChI is InChI=1S/C32H43N5O8/c1-3-44-26-14-11-21(20-27(26)43-2)8-6-17-34-32(42)24-13-16-29(39)36-23(12-15-28(33)38)31(41)35-18-7-19-45-25-10-5-4-9-22(25)30(40)37-24/h4-5,9-11,14,20,23-24H,3,6-8,12-13,15-19H2,1-2H3,(H2,33,38)(H,34,42)(H,35,41)(H,36,39)(H,37,40)/t23?,24-/m0/s1. The third-order valence-electron chi connectivity index (χ3n) is 7.09. The van der Waals surface area contributed by atoms with Crippen LogP contribution in [0.1, 0.15) is 61.4 Å². The highest BCUT2D eigenvalue weighted by molar-refractivity contribution is 5.99. The molecule has 0 saturated carbocycles. The van der Waals surface area contributed by atoms with Gasteiger partial charge in [-0.25, -0.2) is 0 Å². The monoisotopic (exact) mass is 625 g/mol. The zero-order chi connectivity index (χ0) is 32.6. The number of fused-ring (bicyclic) bond motifs is 1. The Labute approximate surface area is 262 Å². The molecule has 1 aliphatic rings. The largest absolute Gasteiger partial charge is 0.493 e. The molecule has 13 nitrogen and oxygen atoms in total. The van der Waals surface area contributed by atoms with Crippen molar-refractivity contribution in [3.8, 4) is 17.2 Å². The quantitative estimate of drug-likeness (QED) is 0.232. The average Bonchev–Trinajstić information content (AvgIpc) is 3.03. The van der Waals surface area contributed by atoms with Gasteiger partial charge in [0.1, 0.15) is 17.8 Å². The highest BCUT2D eigenvalue weighted by Gasteiger charge is 2.26. The summed E-state index contributed by atoms with van der Waals surface area (Å²) in [6.07, 6.45) is 1.42. The number of primary amides is 1. The second-order valence-corrected chi connectivity index (χ2v) is 10.5. The molecule has 0 radical (unpaired) electrons. The molecule has 0 fully saturated rings. The number of amides is 5. The first-order valence-electron chi connectivity index (χ1n) is 15.2. The van der Waals surface area contributed by atoms with Gasteiger partial charge in [-0.3, -0.25) is 24.0 Å². The number of para-hydroxylation sites is 1. The average molecular weight is 626 g/mol. The normalized spacial score (nSPS) is 17.9. The Kier molecular flexibility index (Phi) is 14.0. The van der Waals surface area contributed by atoms with Gasteiger partial charge in [0.25, 0.3) is 5.91 Å². The number of hydrogen-bond donors (Lipinski definition) is 5. The Morgan fingerprint density at radius 3 is 2.64 bits per heavy atom. The van der Waals surface area contributed by atoms with Gasteiger partial charge in [0, 0.05) is 25.9 Å². The van der Waals surface area contributed by atoms with E-state index in [1.165, 1.54) is 0 Å². The number of nitrogens with two attached hydrogens (primary N) is 1. The number of carbonyl (C=O) groups excluding carboxylic acids is 5. The van der Waals surface area contributed by atoms with Crippen LogP contribution in [0.2, 0.25) is 0 Å². The first kappa shape index (κ1) is 34.7. The van der Waals surface area contributed by atoms with Crippen molar-refractivity contribution in [2.24, 2.45) is 5.73 Å². The fourth-order valence-corrected chi connectivity index (χ4v) is 4.74. The van der Waals surface area contributed by atoms with Crippen molar-refractivity contribution in [2.75, 3.05) is 33.4 Å². The van der Waals surface area contributed by atoms with Gasteiger partial charge in [-0.2, -0.15) is 0 Å². The van der Waals surface area contributed by atoms with E-state index in [0.717, 1.165) is 5.56 Å². The van der Waals surface area contributed by atoms with Gasteiger partial charge in [-0.15, -0.1) is 0 Å². The highest BCUT2D eigenvalue weighted by Crippen LogP contribution is 2.28. The summed E-state index contributed by atoms with van der Waals surface area (Å²) in [5.41, 5.74) is 6.50. The Bertz CT molecular complexity index is 1330. The van der Waals surface area contributed by atoms with Crippen LogP contribution in [0.4, 0.5) is 0 Å². The maximum atomic E-state index is 13.3. The summed E-state index contributed by atoms with van der Waals surface area (Å²) in [6, 6.07) is 10.3. The lowest BCUT2D eigenvalue weighted by atomic mass is 10.1. The van der Waals surface area contributed by atoms with E-state index in [0.29, 0.717) is 49.7 Å². The number of hydrogen-bond acceptors (Lipinski definition) is 8. The number of ether oxygens (including phenoxy) is 3. The lowest BCUT2D eigenvalue weighted by molar-refractivity contribution is -0.130. The van der Waals surface area contributed by atoms with Crippen molar-refractivity contribution in [3.63, 3.8) is 0 Å². The SMILES string of the molecule is CCOc1ccc(CCCNC(=O)[C@@H]2CCC(=O)NC(CCC(N)=O)C(=O)NCCCOc3ccccc3C(=O)N2)cc1OC. The molecule has 0 aromatic heterocycles. The molecule has 1 aliphatic heterocycles. The zero-order valence-electron chi connectivity index (χ0n) is 25.8. The van der Waals surface area contributed by atoms with Crippen molar-refractivity contribution in [1.29, 1.82) is 0 Å². The predicted octanol–water partition coefficient (Wildman–Crippen LogP) is 1.37. The van der Waals surface area contributed by atoms with Crippen LogP contribution in [0.3, 0.4) is 0 Å². The van der Waals surface area contributed by atoms with Gasteiger partial charge in [0.2, 0.25) is 23.6 Å². The van der Waals surface area contributed by atoms with Gasteiger partial charge >= 0.3 is 0 Å². The molecular formula is C32H43N5O8. The Morgan fingerprint density at radius 1 is 1.09 bits per heavy atom. The predicted molar refractivity (Wildman–Crippen MR) is 166 cm³/mol. The van der Waals surface area contributed by atoms with Crippen LogP contribution in [0.5, 0.6) is 17.2 Å². The van der Waals surface area contributed by atoms with E-state index in [4.69, 9.17) is 19.9 Å². The van der Waals surface area contributed by atoms with Crippen LogP contribution in [-0.4, -0.2) is 75.0 Å². The van der Waals surface area contributed by atoms with E-state index in [1.54, 1.807) is 31.4 Å². The van der Waals surface area contributed by atoms with Crippen LogP contribution in [0, 0.1) is 0 Å². The second-order valence-electron chi connectivity index (χ2n) is 10.5. The van der Waals surface area contributed by atoms with Crippen LogP contribution >= 0.6 is 0 Å².